The molecule has 0 radical (unpaired) electrons. The van der Waals surface area contributed by atoms with Crippen LogP contribution in [0, 0.1) is 0 Å². The van der Waals surface area contributed by atoms with Crippen LogP contribution in [0.3, 0.4) is 0 Å². The summed E-state index contributed by atoms with van der Waals surface area (Å²) in [7, 11) is 0. The van der Waals surface area contributed by atoms with Crippen molar-refractivity contribution in [2.24, 2.45) is 5.73 Å². The topological polar surface area (TPSA) is 416 Å². The smallest absolute Gasteiger partial charge is 0.241 e. The second-order valence-corrected chi connectivity index (χ2v) is 23.2. The third-order valence-corrected chi connectivity index (χ3v) is 17.3. The zero-order valence-corrected chi connectivity index (χ0v) is 48.3. The second-order valence-electron chi connectivity index (χ2n) is 23.2. The molecule has 25 nitrogen and oxygen atoms in total. The molecule has 4 aliphatic rings. The first kappa shape index (κ1) is 62.4. The van der Waals surface area contributed by atoms with Gasteiger partial charge in [-0.25, -0.2) is 0 Å². The summed E-state index contributed by atoms with van der Waals surface area (Å²) >= 11 is 0. The number of anilines is 1. The standard InChI is InChI=1S/C65H72N6O19/c1-29(66)62(84)71-37-5-3-2-4-36(37)52-44-24-22-42(69-44)50(31-8-14-34(15-9-31)86-64-60(82)57(79)54(76)47(27-73)89-64)40-20-18-38(67-40)49(30-6-12-33(13-7-30)85-63-59(81)56(78)53(75)46(26-72)88-63)39-19-21-41(68-39)51(43-23-25-45(52)70-43)32-10-16-35(17-11-32)87-65-61(83)58(80)55(77)48(28-74)90-65/h2-25,29,46-61,63-65,67-70,72-83H,26-28,66H2,1H3,(H,71,84)/t29?,46-,47-,48-,49?,50?,51?,52?,53+,54+,55+,56-,57-,58-,59-,60-,61-,63+,64+,65+/m0/s1. The largest absolute Gasteiger partial charge is 0.462 e. The maximum Gasteiger partial charge on any atom is 0.241 e. The lowest BCUT2D eigenvalue weighted by molar-refractivity contribution is -0.277. The number of carbonyl (C=O) groups is 1. The van der Waals surface area contributed by atoms with Gasteiger partial charge in [-0.15, -0.1) is 0 Å². The number of rotatable bonds is 15. The first-order valence-corrected chi connectivity index (χ1v) is 29.5. The highest BCUT2D eigenvalue weighted by Gasteiger charge is 2.47. The van der Waals surface area contributed by atoms with Crippen LogP contribution in [0.15, 0.2) is 146 Å². The molecule has 4 aromatic carbocycles. The van der Waals surface area contributed by atoms with E-state index >= 15 is 0 Å². The van der Waals surface area contributed by atoms with Crippen molar-refractivity contribution < 1.29 is 94.5 Å². The van der Waals surface area contributed by atoms with Crippen LogP contribution in [0.5, 0.6) is 17.2 Å². The van der Waals surface area contributed by atoms with Crippen molar-refractivity contribution in [2.75, 3.05) is 25.1 Å². The molecule has 4 aromatic heterocycles. The monoisotopic (exact) mass is 1240 g/mol. The van der Waals surface area contributed by atoms with E-state index in [0.29, 0.717) is 5.69 Å². The van der Waals surface area contributed by atoms with E-state index in [4.69, 9.17) is 34.2 Å². The summed E-state index contributed by atoms with van der Waals surface area (Å²) in [6, 6.07) is 43.6. The Bertz CT molecular complexity index is 3530. The molecule has 0 saturated carbocycles. The molecular formula is C65H72N6O19. The van der Waals surface area contributed by atoms with Crippen LogP contribution in [-0.4, -0.2) is 205 Å². The number of aliphatic hydroxyl groups is 12. The van der Waals surface area contributed by atoms with Gasteiger partial charge in [0.05, 0.1) is 49.5 Å². The molecule has 0 aliphatic carbocycles. The maximum atomic E-state index is 13.4. The molecule has 8 heterocycles. The number of amides is 1. The van der Waals surface area contributed by atoms with Gasteiger partial charge in [0.1, 0.15) is 90.5 Å². The van der Waals surface area contributed by atoms with E-state index in [9.17, 15) is 66.1 Å². The van der Waals surface area contributed by atoms with Crippen molar-refractivity contribution in [3.63, 3.8) is 0 Å². The molecule has 1 amide bonds. The SMILES string of the molecule is CC(N)C(=O)Nc1ccccc1C1c2ccc([nH]2)C(c2ccc(O[C@@H]3O[C@@H](CO)[C@@H](O)[C@H](O)[C@@H]3O)cc2)c2ccc([nH]2)C(c2ccc(O[C@@H]3O[C@@H](CO)[C@@H](O)[C@H](O)[C@@H]3O)cc2)c2ccc([nH]2)C(c2ccc(O[C@@H]3O[C@@H](CO)[C@@H](O)[C@H](O)[C@@H]3O)cc2)c2ccc1[nH]2. The number of carbonyl (C=O) groups excluding carboxylic acids is 1. The maximum absolute atomic E-state index is 13.4. The Morgan fingerprint density at radius 1 is 0.411 bits per heavy atom. The fourth-order valence-electron chi connectivity index (χ4n) is 12.4. The first-order chi connectivity index (χ1) is 43.4. The predicted molar refractivity (Wildman–Crippen MR) is 318 cm³/mol. The van der Waals surface area contributed by atoms with Crippen LogP contribution in [-0.2, 0) is 19.0 Å². The van der Waals surface area contributed by atoms with Crippen molar-refractivity contribution in [3.05, 3.63) is 213 Å². The molecule has 19 N–H and O–H groups in total. The normalized spacial score (nSPS) is 31.3. The minimum absolute atomic E-state index is 0.246. The highest BCUT2D eigenvalue weighted by molar-refractivity contribution is 5.95. The fourth-order valence-corrected chi connectivity index (χ4v) is 12.4. The summed E-state index contributed by atoms with van der Waals surface area (Å²) in [6.07, 6.45) is -22.5. The molecule has 0 spiro atoms. The van der Waals surface area contributed by atoms with Crippen molar-refractivity contribution in [3.8, 4) is 17.2 Å². The lowest BCUT2D eigenvalue weighted by Gasteiger charge is -2.39. The van der Waals surface area contributed by atoms with Crippen LogP contribution in [0.1, 0.15) is 98.4 Å². The number of fused-ring (bicyclic) bond motifs is 8. The van der Waals surface area contributed by atoms with Gasteiger partial charge in [-0.05, 0) is 120 Å². The third kappa shape index (κ3) is 12.2. The van der Waals surface area contributed by atoms with Crippen LogP contribution in [0.4, 0.5) is 5.69 Å². The van der Waals surface area contributed by atoms with Gasteiger partial charge in [0.2, 0.25) is 24.8 Å². The van der Waals surface area contributed by atoms with Crippen LogP contribution in [0.25, 0.3) is 0 Å². The van der Waals surface area contributed by atoms with Gasteiger partial charge >= 0.3 is 0 Å². The Hall–Kier alpha value is -7.77. The number of aromatic nitrogens is 4. The van der Waals surface area contributed by atoms with Crippen molar-refractivity contribution in [1.29, 1.82) is 0 Å². The number of aliphatic hydroxyl groups excluding tert-OH is 12. The van der Waals surface area contributed by atoms with Gasteiger partial charge in [0.25, 0.3) is 0 Å². The summed E-state index contributed by atoms with van der Waals surface area (Å²) in [5.74, 6) is -1.91. The summed E-state index contributed by atoms with van der Waals surface area (Å²) in [5.41, 5.74) is 15.5. The van der Waals surface area contributed by atoms with Crippen LogP contribution in [0.2, 0.25) is 0 Å². The Balaban J connectivity index is 0.978. The third-order valence-electron chi connectivity index (χ3n) is 17.3. The van der Waals surface area contributed by atoms with E-state index in [-0.39, 0.29) is 17.2 Å². The van der Waals surface area contributed by atoms with Crippen molar-refractivity contribution in [1.82, 2.24) is 19.9 Å². The van der Waals surface area contributed by atoms with Crippen LogP contribution >= 0.6 is 0 Å². The average molecular weight is 1240 g/mol. The highest BCUT2D eigenvalue weighted by atomic mass is 16.7. The van der Waals surface area contributed by atoms with Gasteiger partial charge in [-0.2, -0.15) is 0 Å². The molecular weight excluding hydrogens is 1170 g/mol. The van der Waals surface area contributed by atoms with E-state index in [1.165, 1.54) is 0 Å². The number of H-pyrrole nitrogens is 4. The number of nitrogens with two attached hydrogens (primary N) is 1. The molecule has 90 heavy (non-hydrogen) atoms. The molecule has 18 atom stereocenters. The number of nitrogens with one attached hydrogen (secondary N) is 5. The van der Waals surface area contributed by atoms with Gasteiger partial charge in [-0.1, -0.05) is 54.6 Å². The lowest BCUT2D eigenvalue weighted by atomic mass is 9.91. The van der Waals surface area contributed by atoms with E-state index in [1.54, 1.807) is 43.3 Å². The van der Waals surface area contributed by atoms with Gasteiger partial charge in [0, 0.05) is 51.2 Å². The zero-order chi connectivity index (χ0) is 63.2. The second kappa shape index (κ2) is 26.2. The molecule has 8 bridgehead atoms. The summed E-state index contributed by atoms with van der Waals surface area (Å²) < 4.78 is 35.1. The molecule has 25 heteroatoms. The van der Waals surface area contributed by atoms with Crippen molar-refractivity contribution in [2.45, 2.75) is 129 Å². The van der Waals surface area contributed by atoms with E-state index < -0.39 is 148 Å². The average Bonchev–Trinajstić information content (AvgIpc) is 1.66. The number of aromatic amines is 4. The van der Waals surface area contributed by atoms with Crippen LogP contribution < -0.4 is 25.3 Å². The predicted octanol–water partition coefficient (Wildman–Crippen LogP) is 0.855. The molecule has 3 saturated heterocycles. The molecule has 4 aliphatic heterocycles. The number of hydrogen-bond donors (Lipinski definition) is 18. The minimum Gasteiger partial charge on any atom is -0.462 e. The number of ether oxygens (including phenoxy) is 6. The minimum atomic E-state index is -1.66. The summed E-state index contributed by atoms with van der Waals surface area (Å²) in [5, 5.41) is 128. The summed E-state index contributed by atoms with van der Waals surface area (Å²) in [4.78, 5) is 28.5. The Morgan fingerprint density at radius 3 is 0.967 bits per heavy atom. The molecule has 12 rings (SSSR count). The fraction of sp³-hybridized carbons (Fsp3) is 0.369. The molecule has 3 unspecified atom stereocenters. The first-order valence-electron chi connectivity index (χ1n) is 29.5. The molecule has 3 fully saturated rings. The van der Waals surface area contributed by atoms with Crippen molar-refractivity contribution >= 4 is 11.6 Å². The van der Waals surface area contributed by atoms with Gasteiger partial charge in [0.15, 0.2) is 0 Å². The lowest BCUT2D eigenvalue weighted by Crippen LogP contribution is -2.60. The quantitative estimate of drug-likeness (QED) is 0.0676. The number of hydrogen-bond acceptors (Lipinski definition) is 20. The molecule has 8 aromatic rings. The van der Waals surface area contributed by atoms with Gasteiger partial charge in [-0.3, -0.25) is 4.79 Å². The van der Waals surface area contributed by atoms with E-state index in [0.717, 1.165) is 67.8 Å². The number of para-hydroxylation sites is 1. The zero-order valence-electron chi connectivity index (χ0n) is 48.3. The molecule has 476 valence electrons. The Morgan fingerprint density at radius 2 is 0.689 bits per heavy atom. The number of benzene rings is 4. The Kier molecular flexibility index (Phi) is 18.2. The highest BCUT2D eigenvalue weighted by Crippen LogP contribution is 2.44. The van der Waals surface area contributed by atoms with Gasteiger partial charge < -0.3 is 121 Å². The Labute approximate surface area is 514 Å². The summed E-state index contributed by atoms with van der Waals surface area (Å²) in [6.45, 7) is -0.306. The van der Waals surface area contributed by atoms with E-state index in [2.05, 4.69) is 25.3 Å². The van der Waals surface area contributed by atoms with E-state index in [1.807, 2.05) is 109 Å².